The average molecular weight is 275 g/mol. The van der Waals surface area contributed by atoms with E-state index in [2.05, 4.69) is 9.47 Å². The van der Waals surface area contributed by atoms with Crippen molar-refractivity contribution in [2.45, 2.75) is 10.8 Å². The minimum Gasteiger partial charge on any atom is -0.468 e. The first kappa shape index (κ1) is 14.9. The number of methoxy groups -OCH3 is 2. The summed E-state index contributed by atoms with van der Waals surface area (Å²) in [5, 5.41) is -1.44. The Bertz CT molecular complexity index is 203. The zero-order valence-electron chi connectivity index (χ0n) is 8.37. The number of alkyl halides is 2. The number of ether oxygens (including phenoxy) is 2. The third-order valence-corrected chi connectivity index (χ3v) is 3.61. The Morgan fingerprint density at radius 2 is 1.40 bits per heavy atom. The van der Waals surface area contributed by atoms with Crippen molar-refractivity contribution in [1.82, 2.24) is 0 Å². The first-order valence-corrected chi connectivity index (χ1v) is 6.07. The number of thioether (sulfide) groups is 1. The molecule has 7 heteroatoms. The van der Waals surface area contributed by atoms with Gasteiger partial charge in [0, 0.05) is 11.5 Å². The van der Waals surface area contributed by atoms with Crippen molar-refractivity contribution in [2.75, 3.05) is 25.7 Å². The quantitative estimate of drug-likeness (QED) is 0.540. The van der Waals surface area contributed by atoms with E-state index in [1.807, 2.05) is 0 Å². The summed E-state index contributed by atoms with van der Waals surface area (Å²) in [7, 11) is 2.53. The third kappa shape index (κ3) is 6.12. The second-order valence-corrected chi connectivity index (χ2v) is 4.65. The zero-order chi connectivity index (χ0) is 11.8. The molecule has 0 saturated heterocycles. The van der Waals surface area contributed by atoms with E-state index in [1.54, 1.807) is 0 Å². The smallest absolute Gasteiger partial charge is 0.324 e. The summed E-state index contributed by atoms with van der Waals surface area (Å²) in [6.07, 6.45) is 0. The van der Waals surface area contributed by atoms with Gasteiger partial charge in [0.25, 0.3) is 0 Å². The van der Waals surface area contributed by atoms with Crippen LogP contribution < -0.4 is 0 Å². The van der Waals surface area contributed by atoms with E-state index in [0.29, 0.717) is 11.5 Å². The topological polar surface area (TPSA) is 52.6 Å². The number of hydrogen-bond acceptors (Lipinski definition) is 5. The minimum atomic E-state index is -0.721. The van der Waals surface area contributed by atoms with Crippen molar-refractivity contribution in [2.24, 2.45) is 0 Å². The van der Waals surface area contributed by atoms with E-state index in [0.717, 1.165) is 0 Å². The summed E-state index contributed by atoms with van der Waals surface area (Å²) in [5.74, 6) is -0.301. The molecule has 0 aliphatic rings. The number of carbonyl (C=O) groups is 2. The molecule has 0 aromatic carbocycles. The molecule has 88 valence electrons. The van der Waals surface area contributed by atoms with Gasteiger partial charge in [0.05, 0.1) is 14.2 Å². The van der Waals surface area contributed by atoms with Crippen LogP contribution in [0.2, 0.25) is 0 Å². The third-order valence-electron chi connectivity index (χ3n) is 1.44. The molecule has 0 heterocycles. The van der Waals surface area contributed by atoms with Crippen LogP contribution in [0.15, 0.2) is 0 Å². The number of rotatable bonds is 6. The van der Waals surface area contributed by atoms with Crippen LogP contribution >= 0.6 is 35.0 Å². The number of halogens is 2. The van der Waals surface area contributed by atoms with Crippen LogP contribution in [0.25, 0.3) is 0 Å². The van der Waals surface area contributed by atoms with E-state index in [1.165, 1.54) is 26.0 Å². The van der Waals surface area contributed by atoms with Gasteiger partial charge in [-0.25, -0.2) is 0 Å². The highest BCUT2D eigenvalue weighted by atomic mass is 35.5. The van der Waals surface area contributed by atoms with E-state index < -0.39 is 22.7 Å². The fraction of sp³-hybridized carbons (Fsp3) is 0.750. The molecule has 0 unspecified atom stereocenters. The molecular weight excluding hydrogens is 263 g/mol. The van der Waals surface area contributed by atoms with Crippen molar-refractivity contribution in [3.05, 3.63) is 0 Å². The SMILES string of the molecule is COC(=O)[C@H](Cl)CSC[C@H](Cl)C(=O)OC. The van der Waals surface area contributed by atoms with E-state index in [-0.39, 0.29) is 0 Å². The Morgan fingerprint density at radius 1 is 1.07 bits per heavy atom. The first-order chi connectivity index (χ1) is 7.02. The summed E-state index contributed by atoms with van der Waals surface area (Å²) < 4.78 is 8.86. The van der Waals surface area contributed by atoms with Gasteiger partial charge in [-0.05, 0) is 0 Å². The van der Waals surface area contributed by atoms with Crippen LogP contribution in [0.4, 0.5) is 0 Å². The molecule has 15 heavy (non-hydrogen) atoms. The van der Waals surface area contributed by atoms with Crippen LogP contribution in [-0.4, -0.2) is 48.4 Å². The lowest BCUT2D eigenvalue weighted by Gasteiger charge is -2.09. The second kappa shape index (κ2) is 8.07. The molecule has 0 spiro atoms. The lowest BCUT2D eigenvalue weighted by Crippen LogP contribution is -2.22. The Hall–Kier alpha value is -0.130. The van der Waals surface area contributed by atoms with Crippen molar-refractivity contribution in [1.29, 1.82) is 0 Å². The van der Waals surface area contributed by atoms with Gasteiger partial charge in [-0.15, -0.1) is 23.2 Å². The summed E-state index contributed by atoms with van der Waals surface area (Å²) in [5.41, 5.74) is 0. The maximum atomic E-state index is 10.9. The Kier molecular flexibility index (Phi) is 8.00. The van der Waals surface area contributed by atoms with Gasteiger partial charge < -0.3 is 9.47 Å². The largest absolute Gasteiger partial charge is 0.468 e. The maximum absolute atomic E-state index is 10.9. The van der Waals surface area contributed by atoms with E-state index >= 15 is 0 Å². The van der Waals surface area contributed by atoms with Gasteiger partial charge in [-0.1, -0.05) is 0 Å². The fourth-order valence-corrected chi connectivity index (χ4v) is 2.20. The van der Waals surface area contributed by atoms with Crippen LogP contribution in [0.3, 0.4) is 0 Å². The maximum Gasteiger partial charge on any atom is 0.324 e. The van der Waals surface area contributed by atoms with E-state index in [4.69, 9.17) is 23.2 Å². The average Bonchev–Trinajstić information content (AvgIpc) is 2.26. The predicted molar refractivity (Wildman–Crippen MR) is 60.6 cm³/mol. The summed E-state index contributed by atoms with van der Waals surface area (Å²) >= 11 is 12.6. The molecule has 0 N–H and O–H groups in total. The molecule has 0 amide bonds. The summed E-state index contributed by atoms with van der Waals surface area (Å²) in [6, 6.07) is 0. The zero-order valence-corrected chi connectivity index (χ0v) is 10.7. The molecule has 4 nitrogen and oxygen atoms in total. The fourth-order valence-electron chi connectivity index (χ4n) is 0.667. The van der Waals surface area contributed by atoms with E-state index in [9.17, 15) is 9.59 Å². The molecule has 0 aromatic heterocycles. The highest BCUT2D eigenvalue weighted by molar-refractivity contribution is 7.99. The van der Waals surface area contributed by atoms with Gasteiger partial charge in [-0.3, -0.25) is 9.59 Å². The Labute approximate surface area is 103 Å². The molecule has 0 aliphatic carbocycles. The van der Waals surface area contributed by atoms with Gasteiger partial charge in [0.1, 0.15) is 10.8 Å². The highest BCUT2D eigenvalue weighted by Crippen LogP contribution is 2.14. The van der Waals surface area contributed by atoms with Crippen molar-refractivity contribution in [3.63, 3.8) is 0 Å². The standard InChI is InChI=1S/C8H12Cl2O4S/c1-13-7(11)5(9)3-15-4-6(10)8(12)14-2/h5-6H,3-4H2,1-2H3/t5-,6+. The van der Waals surface area contributed by atoms with Crippen molar-refractivity contribution < 1.29 is 19.1 Å². The Balaban J connectivity index is 3.70. The van der Waals surface area contributed by atoms with Gasteiger partial charge in [-0.2, -0.15) is 11.8 Å². The number of hydrogen-bond donors (Lipinski definition) is 0. The number of esters is 2. The normalized spacial score (nSPS) is 14.1. The molecule has 2 atom stereocenters. The summed E-state index contributed by atoms with van der Waals surface area (Å²) in [4.78, 5) is 21.8. The molecule has 0 fully saturated rings. The number of carbonyl (C=O) groups excluding carboxylic acids is 2. The second-order valence-electron chi connectivity index (χ2n) is 2.52. The van der Waals surface area contributed by atoms with Crippen molar-refractivity contribution in [3.8, 4) is 0 Å². The molecule has 0 rings (SSSR count). The monoisotopic (exact) mass is 274 g/mol. The molecular formula is C8H12Cl2O4S. The molecule has 0 aliphatic heterocycles. The lowest BCUT2D eigenvalue weighted by atomic mass is 10.5. The van der Waals surface area contributed by atoms with Crippen LogP contribution in [0.5, 0.6) is 0 Å². The van der Waals surface area contributed by atoms with Crippen molar-refractivity contribution >= 4 is 46.9 Å². The molecule has 0 bridgehead atoms. The van der Waals surface area contributed by atoms with Gasteiger partial charge in [0.15, 0.2) is 0 Å². The summed E-state index contributed by atoms with van der Waals surface area (Å²) in [6.45, 7) is 0. The van der Waals surface area contributed by atoms with Crippen LogP contribution in [0, 0.1) is 0 Å². The first-order valence-electron chi connectivity index (χ1n) is 4.04. The van der Waals surface area contributed by atoms with Crippen LogP contribution in [-0.2, 0) is 19.1 Å². The predicted octanol–water partition coefficient (Wildman–Crippen LogP) is 1.28. The Morgan fingerprint density at radius 3 is 1.67 bits per heavy atom. The minimum absolute atomic E-state index is 0.342. The molecule has 0 radical (unpaired) electrons. The van der Waals surface area contributed by atoms with Gasteiger partial charge >= 0.3 is 11.9 Å². The molecule has 0 aromatic rings. The lowest BCUT2D eigenvalue weighted by molar-refractivity contribution is -0.140. The molecule has 0 saturated carbocycles. The van der Waals surface area contributed by atoms with Crippen LogP contribution in [0.1, 0.15) is 0 Å². The highest BCUT2D eigenvalue weighted by Gasteiger charge is 2.19. The van der Waals surface area contributed by atoms with Gasteiger partial charge in [0.2, 0.25) is 0 Å².